The highest BCUT2D eigenvalue weighted by atomic mass is 16.2. The topological polar surface area (TPSA) is 85.9 Å². The minimum Gasteiger partial charge on any atom is -0.362 e. The zero-order valence-corrected chi connectivity index (χ0v) is 12.7. The lowest BCUT2D eigenvalue weighted by Crippen LogP contribution is -2.29. The molecule has 0 fully saturated rings. The van der Waals surface area contributed by atoms with Crippen molar-refractivity contribution in [1.29, 1.82) is 0 Å². The average molecular weight is 288 g/mol. The van der Waals surface area contributed by atoms with Crippen LogP contribution in [-0.4, -0.2) is 35.3 Å². The number of carbonyl (C=O) groups excluding carboxylic acids is 1. The number of hydrogen-bond donors (Lipinski definition) is 3. The van der Waals surface area contributed by atoms with Gasteiger partial charge in [-0.2, -0.15) is 5.10 Å². The van der Waals surface area contributed by atoms with E-state index in [9.17, 15) is 4.79 Å². The third-order valence-corrected chi connectivity index (χ3v) is 3.10. The van der Waals surface area contributed by atoms with Crippen molar-refractivity contribution in [3.63, 3.8) is 0 Å². The number of aryl methyl sites for hydroxylation is 2. The van der Waals surface area contributed by atoms with Crippen LogP contribution >= 0.6 is 0 Å². The van der Waals surface area contributed by atoms with E-state index in [1.165, 1.54) is 0 Å². The number of aromatic amines is 1. The van der Waals surface area contributed by atoms with E-state index < -0.39 is 0 Å². The van der Waals surface area contributed by atoms with Crippen LogP contribution in [0.25, 0.3) is 0 Å². The largest absolute Gasteiger partial charge is 0.362 e. The first kappa shape index (κ1) is 14.8. The minimum absolute atomic E-state index is 0.267. The maximum Gasteiger partial charge on any atom is 0.319 e. The van der Waals surface area contributed by atoms with E-state index in [0.717, 1.165) is 22.8 Å². The van der Waals surface area contributed by atoms with Crippen molar-refractivity contribution in [3.8, 4) is 0 Å². The molecule has 0 atom stereocenters. The van der Waals surface area contributed by atoms with Crippen LogP contribution in [0.15, 0.2) is 18.3 Å². The number of urea groups is 1. The molecule has 0 spiro atoms. The Morgan fingerprint density at radius 1 is 1.38 bits per heavy atom. The Morgan fingerprint density at radius 2 is 2.14 bits per heavy atom. The van der Waals surface area contributed by atoms with Gasteiger partial charge < -0.3 is 15.5 Å². The van der Waals surface area contributed by atoms with Gasteiger partial charge in [-0.05, 0) is 19.9 Å². The highest BCUT2D eigenvalue weighted by Crippen LogP contribution is 2.16. The summed E-state index contributed by atoms with van der Waals surface area (Å²) in [5.41, 5.74) is 3.26. The van der Waals surface area contributed by atoms with Crippen molar-refractivity contribution in [2.45, 2.75) is 20.4 Å². The van der Waals surface area contributed by atoms with E-state index in [1.54, 1.807) is 6.20 Å². The van der Waals surface area contributed by atoms with E-state index in [4.69, 9.17) is 0 Å². The number of nitrogens with one attached hydrogen (secondary N) is 3. The monoisotopic (exact) mass is 288 g/mol. The second-order valence-electron chi connectivity index (χ2n) is 5.00. The Labute approximate surface area is 123 Å². The molecule has 0 radical (unpaired) electrons. The number of rotatable bonds is 4. The first-order valence-electron chi connectivity index (χ1n) is 6.66. The van der Waals surface area contributed by atoms with Gasteiger partial charge in [-0.15, -0.1) is 0 Å². The molecule has 0 saturated heterocycles. The standard InChI is InChI=1S/C14H20N6O/c1-9-12(10(2)19-18-9)17-14(21)16-8-11-6-5-7-15-13(11)20(3)4/h5-7H,8H2,1-4H3,(H,18,19)(H2,16,17,21). The molecular weight excluding hydrogens is 268 g/mol. The summed E-state index contributed by atoms with van der Waals surface area (Å²) >= 11 is 0. The number of amides is 2. The van der Waals surface area contributed by atoms with Crippen LogP contribution in [0, 0.1) is 13.8 Å². The fraction of sp³-hybridized carbons (Fsp3) is 0.357. The highest BCUT2D eigenvalue weighted by Gasteiger charge is 2.11. The molecule has 7 heteroatoms. The van der Waals surface area contributed by atoms with Crippen LogP contribution in [0.5, 0.6) is 0 Å². The summed E-state index contributed by atoms with van der Waals surface area (Å²) < 4.78 is 0. The van der Waals surface area contributed by atoms with Gasteiger partial charge in [-0.3, -0.25) is 5.10 Å². The van der Waals surface area contributed by atoms with Crippen molar-refractivity contribution < 1.29 is 4.79 Å². The number of hydrogen-bond acceptors (Lipinski definition) is 4. The maximum absolute atomic E-state index is 12.0. The predicted molar refractivity (Wildman–Crippen MR) is 82.5 cm³/mol. The molecule has 0 bridgehead atoms. The summed E-state index contributed by atoms with van der Waals surface area (Å²) in [5, 5.41) is 12.5. The lowest BCUT2D eigenvalue weighted by molar-refractivity contribution is 0.251. The summed E-state index contributed by atoms with van der Waals surface area (Å²) in [6.45, 7) is 4.11. The average Bonchev–Trinajstić information content (AvgIpc) is 2.77. The van der Waals surface area contributed by atoms with Gasteiger partial charge in [-0.1, -0.05) is 6.07 Å². The molecule has 2 aromatic heterocycles. The Balaban J connectivity index is 1.99. The summed E-state index contributed by atoms with van der Waals surface area (Å²) in [7, 11) is 3.84. The van der Waals surface area contributed by atoms with Crippen molar-refractivity contribution in [3.05, 3.63) is 35.3 Å². The maximum atomic E-state index is 12.0. The van der Waals surface area contributed by atoms with Gasteiger partial charge in [-0.25, -0.2) is 9.78 Å². The van der Waals surface area contributed by atoms with Gasteiger partial charge in [0.2, 0.25) is 0 Å². The quantitative estimate of drug-likeness (QED) is 0.801. The molecule has 0 aromatic carbocycles. The van der Waals surface area contributed by atoms with Gasteiger partial charge in [0.15, 0.2) is 0 Å². The summed E-state index contributed by atoms with van der Waals surface area (Å²) in [5.74, 6) is 0.841. The van der Waals surface area contributed by atoms with Gasteiger partial charge in [0.1, 0.15) is 5.82 Å². The Bertz CT molecular complexity index is 615. The third kappa shape index (κ3) is 3.50. The number of carbonyl (C=O) groups is 1. The zero-order chi connectivity index (χ0) is 15.4. The second kappa shape index (κ2) is 6.25. The number of pyridine rings is 1. The van der Waals surface area contributed by atoms with Crippen LogP contribution in [0.2, 0.25) is 0 Å². The van der Waals surface area contributed by atoms with Crippen LogP contribution in [0.3, 0.4) is 0 Å². The molecule has 2 aromatic rings. The first-order chi connectivity index (χ1) is 9.99. The van der Waals surface area contributed by atoms with Gasteiger partial charge in [0.25, 0.3) is 0 Å². The highest BCUT2D eigenvalue weighted by molar-refractivity contribution is 5.90. The van der Waals surface area contributed by atoms with Gasteiger partial charge in [0.05, 0.1) is 17.1 Å². The number of aromatic nitrogens is 3. The second-order valence-corrected chi connectivity index (χ2v) is 5.00. The molecule has 21 heavy (non-hydrogen) atoms. The van der Waals surface area contributed by atoms with Crippen molar-refractivity contribution in [1.82, 2.24) is 20.5 Å². The molecule has 7 nitrogen and oxygen atoms in total. The minimum atomic E-state index is -0.267. The number of H-pyrrole nitrogens is 1. The molecule has 2 rings (SSSR count). The zero-order valence-electron chi connectivity index (χ0n) is 12.7. The molecule has 112 valence electrons. The Morgan fingerprint density at radius 3 is 2.76 bits per heavy atom. The fourth-order valence-corrected chi connectivity index (χ4v) is 2.04. The van der Waals surface area contributed by atoms with Crippen molar-refractivity contribution in [2.75, 3.05) is 24.3 Å². The summed E-state index contributed by atoms with van der Waals surface area (Å²) in [6, 6.07) is 3.53. The van der Waals surface area contributed by atoms with Crippen LogP contribution < -0.4 is 15.5 Å². The molecule has 2 heterocycles. The van der Waals surface area contributed by atoms with E-state index in [2.05, 4.69) is 25.8 Å². The van der Waals surface area contributed by atoms with Crippen molar-refractivity contribution in [2.24, 2.45) is 0 Å². The summed E-state index contributed by atoms with van der Waals surface area (Å²) in [4.78, 5) is 18.2. The molecule has 0 aliphatic heterocycles. The van der Waals surface area contributed by atoms with E-state index in [1.807, 2.05) is 45.0 Å². The van der Waals surface area contributed by atoms with E-state index >= 15 is 0 Å². The molecule has 0 aliphatic carbocycles. The van der Waals surface area contributed by atoms with Gasteiger partial charge in [0, 0.05) is 32.4 Å². The molecule has 0 unspecified atom stereocenters. The first-order valence-corrected chi connectivity index (χ1v) is 6.66. The molecule has 2 amide bonds. The fourth-order valence-electron chi connectivity index (χ4n) is 2.04. The normalized spacial score (nSPS) is 10.3. The molecule has 3 N–H and O–H groups in total. The lowest BCUT2D eigenvalue weighted by Gasteiger charge is -2.16. The van der Waals surface area contributed by atoms with Crippen molar-refractivity contribution >= 4 is 17.5 Å². The predicted octanol–water partition coefficient (Wildman–Crippen LogP) is 1.81. The van der Waals surface area contributed by atoms with E-state index in [-0.39, 0.29) is 6.03 Å². The molecule has 0 aliphatic rings. The Kier molecular flexibility index (Phi) is 4.42. The number of anilines is 2. The molecular formula is C14H20N6O. The lowest BCUT2D eigenvalue weighted by atomic mass is 10.2. The van der Waals surface area contributed by atoms with Crippen LogP contribution in [0.4, 0.5) is 16.3 Å². The number of nitrogens with zero attached hydrogens (tertiary/aromatic N) is 3. The molecule has 0 saturated carbocycles. The van der Waals surface area contributed by atoms with Gasteiger partial charge >= 0.3 is 6.03 Å². The van der Waals surface area contributed by atoms with Crippen LogP contribution in [0.1, 0.15) is 17.0 Å². The van der Waals surface area contributed by atoms with E-state index in [0.29, 0.717) is 12.2 Å². The summed E-state index contributed by atoms with van der Waals surface area (Å²) in [6.07, 6.45) is 1.73. The van der Waals surface area contributed by atoms with Crippen LogP contribution in [-0.2, 0) is 6.54 Å². The smallest absolute Gasteiger partial charge is 0.319 e. The third-order valence-electron chi connectivity index (χ3n) is 3.10. The Hall–Kier alpha value is -2.57. The SMILES string of the molecule is Cc1n[nH]c(C)c1NC(=O)NCc1cccnc1N(C)C.